The highest BCUT2D eigenvalue weighted by atomic mass is 15.3. The lowest BCUT2D eigenvalue weighted by Crippen LogP contribution is -2.33. The van der Waals surface area contributed by atoms with Crippen LogP contribution in [0.1, 0.15) is 31.4 Å². The van der Waals surface area contributed by atoms with Gasteiger partial charge in [0, 0.05) is 24.9 Å². The van der Waals surface area contributed by atoms with Gasteiger partial charge < -0.3 is 5.32 Å². The lowest BCUT2D eigenvalue weighted by Gasteiger charge is -2.28. The molecule has 0 radical (unpaired) electrons. The molecule has 1 N–H and O–H groups in total. The van der Waals surface area contributed by atoms with Gasteiger partial charge in [-0.05, 0) is 37.9 Å². The number of aromatic nitrogens is 2. The van der Waals surface area contributed by atoms with Crippen LogP contribution in [-0.4, -0.2) is 22.9 Å². The van der Waals surface area contributed by atoms with Crippen molar-refractivity contribution in [2.45, 2.75) is 25.7 Å². The van der Waals surface area contributed by atoms with Crippen LogP contribution < -0.4 is 5.32 Å². The highest BCUT2D eigenvalue weighted by Crippen LogP contribution is 2.28. The molecule has 0 aliphatic carbocycles. The first kappa shape index (κ1) is 9.71. The van der Waals surface area contributed by atoms with Gasteiger partial charge in [-0.25, -0.2) is 0 Å². The van der Waals surface area contributed by atoms with Gasteiger partial charge in [-0.15, -0.1) is 0 Å². The van der Waals surface area contributed by atoms with E-state index >= 15 is 0 Å². The van der Waals surface area contributed by atoms with Gasteiger partial charge in [0.2, 0.25) is 0 Å². The Morgan fingerprint density at radius 3 is 3.07 bits per heavy atom. The first-order valence-electron chi connectivity index (χ1n) is 5.47. The zero-order chi connectivity index (χ0) is 9.97. The number of piperidine rings is 1. The predicted molar refractivity (Wildman–Crippen MR) is 57.2 cm³/mol. The summed E-state index contributed by atoms with van der Waals surface area (Å²) in [5, 5.41) is 7.70. The topological polar surface area (TPSA) is 29.9 Å². The van der Waals surface area contributed by atoms with Crippen molar-refractivity contribution < 1.29 is 0 Å². The molecule has 78 valence electrons. The SMILES string of the molecule is CC(c1ccnn1C)C1CCCNC1. The Labute approximate surface area is 85.5 Å². The van der Waals surface area contributed by atoms with Crippen molar-refractivity contribution in [1.29, 1.82) is 0 Å². The molecule has 2 atom stereocenters. The maximum Gasteiger partial charge on any atom is 0.0492 e. The molecular weight excluding hydrogens is 174 g/mol. The molecule has 1 aliphatic heterocycles. The summed E-state index contributed by atoms with van der Waals surface area (Å²) in [7, 11) is 2.03. The van der Waals surface area contributed by atoms with Crippen molar-refractivity contribution in [3.63, 3.8) is 0 Å². The molecular formula is C11H19N3. The largest absolute Gasteiger partial charge is 0.316 e. The Bertz CT molecular complexity index is 286. The maximum atomic E-state index is 4.23. The van der Waals surface area contributed by atoms with E-state index in [1.54, 1.807) is 0 Å². The first-order valence-corrected chi connectivity index (χ1v) is 5.47. The zero-order valence-electron chi connectivity index (χ0n) is 9.03. The third-order valence-corrected chi connectivity index (χ3v) is 3.37. The van der Waals surface area contributed by atoms with E-state index in [4.69, 9.17) is 0 Å². The summed E-state index contributed by atoms with van der Waals surface area (Å²) >= 11 is 0. The third-order valence-electron chi connectivity index (χ3n) is 3.37. The molecule has 0 aromatic carbocycles. The van der Waals surface area contributed by atoms with Crippen LogP contribution in [0.5, 0.6) is 0 Å². The second-order valence-electron chi connectivity index (χ2n) is 4.27. The van der Waals surface area contributed by atoms with Crippen molar-refractivity contribution in [1.82, 2.24) is 15.1 Å². The summed E-state index contributed by atoms with van der Waals surface area (Å²) in [4.78, 5) is 0. The molecule has 1 saturated heterocycles. The van der Waals surface area contributed by atoms with Gasteiger partial charge in [-0.1, -0.05) is 6.92 Å². The monoisotopic (exact) mass is 193 g/mol. The van der Waals surface area contributed by atoms with Crippen molar-refractivity contribution in [3.8, 4) is 0 Å². The average molecular weight is 193 g/mol. The van der Waals surface area contributed by atoms with Crippen molar-refractivity contribution >= 4 is 0 Å². The summed E-state index contributed by atoms with van der Waals surface area (Å²) in [6.45, 7) is 4.66. The number of hydrogen-bond acceptors (Lipinski definition) is 2. The molecule has 1 aromatic heterocycles. The van der Waals surface area contributed by atoms with E-state index in [0.29, 0.717) is 5.92 Å². The van der Waals surface area contributed by atoms with Crippen LogP contribution in [0.2, 0.25) is 0 Å². The van der Waals surface area contributed by atoms with Gasteiger partial charge in [0.1, 0.15) is 0 Å². The molecule has 0 amide bonds. The van der Waals surface area contributed by atoms with Crippen LogP contribution in [0, 0.1) is 5.92 Å². The van der Waals surface area contributed by atoms with Crippen LogP contribution in [0.25, 0.3) is 0 Å². The third kappa shape index (κ3) is 1.82. The number of nitrogens with zero attached hydrogens (tertiary/aromatic N) is 2. The van der Waals surface area contributed by atoms with E-state index in [1.165, 1.54) is 25.1 Å². The van der Waals surface area contributed by atoms with Crippen molar-refractivity contribution in [2.24, 2.45) is 13.0 Å². The smallest absolute Gasteiger partial charge is 0.0492 e. The van der Waals surface area contributed by atoms with Crippen LogP contribution in [0.15, 0.2) is 12.3 Å². The quantitative estimate of drug-likeness (QED) is 0.772. The van der Waals surface area contributed by atoms with Crippen LogP contribution >= 0.6 is 0 Å². The fourth-order valence-electron chi connectivity index (χ4n) is 2.38. The van der Waals surface area contributed by atoms with E-state index in [1.807, 2.05) is 17.9 Å². The number of aryl methyl sites for hydroxylation is 1. The summed E-state index contributed by atoms with van der Waals surface area (Å²) < 4.78 is 2.00. The van der Waals surface area contributed by atoms with Crippen LogP contribution in [-0.2, 0) is 7.05 Å². The Balaban J connectivity index is 2.07. The molecule has 0 spiro atoms. The Kier molecular flexibility index (Phi) is 2.87. The first-order chi connectivity index (χ1) is 6.79. The zero-order valence-corrected chi connectivity index (χ0v) is 9.03. The van der Waals surface area contributed by atoms with E-state index in [-0.39, 0.29) is 0 Å². The second kappa shape index (κ2) is 4.13. The molecule has 0 saturated carbocycles. The van der Waals surface area contributed by atoms with Crippen LogP contribution in [0.3, 0.4) is 0 Å². The lowest BCUT2D eigenvalue weighted by molar-refractivity contribution is 0.326. The average Bonchev–Trinajstić information content (AvgIpc) is 2.65. The van der Waals surface area contributed by atoms with Gasteiger partial charge >= 0.3 is 0 Å². The van der Waals surface area contributed by atoms with Gasteiger partial charge in [-0.2, -0.15) is 5.10 Å². The Morgan fingerprint density at radius 2 is 2.50 bits per heavy atom. The minimum absolute atomic E-state index is 0.621. The summed E-state index contributed by atoms with van der Waals surface area (Å²) in [6, 6.07) is 2.14. The van der Waals surface area contributed by atoms with Crippen molar-refractivity contribution in [3.05, 3.63) is 18.0 Å². The summed E-state index contributed by atoms with van der Waals surface area (Å²) in [5.74, 6) is 1.40. The molecule has 1 aliphatic rings. The number of rotatable bonds is 2. The Morgan fingerprint density at radius 1 is 1.64 bits per heavy atom. The molecule has 0 bridgehead atoms. The number of hydrogen-bond donors (Lipinski definition) is 1. The highest BCUT2D eigenvalue weighted by Gasteiger charge is 2.22. The van der Waals surface area contributed by atoms with E-state index < -0.39 is 0 Å². The maximum absolute atomic E-state index is 4.23. The minimum Gasteiger partial charge on any atom is -0.316 e. The molecule has 3 heteroatoms. The Hall–Kier alpha value is -0.830. The molecule has 1 fully saturated rings. The molecule has 2 heterocycles. The van der Waals surface area contributed by atoms with Crippen molar-refractivity contribution in [2.75, 3.05) is 13.1 Å². The normalized spacial score (nSPS) is 24.9. The fraction of sp³-hybridized carbons (Fsp3) is 0.727. The van der Waals surface area contributed by atoms with Gasteiger partial charge in [0.25, 0.3) is 0 Å². The van der Waals surface area contributed by atoms with Gasteiger partial charge in [0.05, 0.1) is 0 Å². The molecule has 2 unspecified atom stereocenters. The predicted octanol–water partition coefficient (Wildman–Crippen LogP) is 1.52. The highest BCUT2D eigenvalue weighted by molar-refractivity contribution is 5.08. The molecule has 2 rings (SSSR count). The fourth-order valence-corrected chi connectivity index (χ4v) is 2.38. The standard InChI is InChI=1S/C11H19N3/c1-9(10-4-3-6-12-8-10)11-5-7-13-14(11)2/h5,7,9-10,12H,3-4,6,8H2,1-2H3. The molecule has 3 nitrogen and oxygen atoms in total. The second-order valence-corrected chi connectivity index (χ2v) is 4.27. The van der Waals surface area contributed by atoms with E-state index in [0.717, 1.165) is 12.5 Å². The number of nitrogens with one attached hydrogen (secondary N) is 1. The minimum atomic E-state index is 0.621. The summed E-state index contributed by atoms with van der Waals surface area (Å²) in [6.07, 6.45) is 4.55. The van der Waals surface area contributed by atoms with Gasteiger partial charge in [0.15, 0.2) is 0 Å². The molecule has 1 aromatic rings. The molecule has 14 heavy (non-hydrogen) atoms. The van der Waals surface area contributed by atoms with Crippen LogP contribution in [0.4, 0.5) is 0 Å². The van der Waals surface area contributed by atoms with Gasteiger partial charge in [-0.3, -0.25) is 4.68 Å². The summed E-state index contributed by atoms with van der Waals surface area (Å²) in [5.41, 5.74) is 1.36. The van der Waals surface area contributed by atoms with E-state index in [2.05, 4.69) is 23.4 Å². The van der Waals surface area contributed by atoms with E-state index in [9.17, 15) is 0 Å². The lowest BCUT2D eigenvalue weighted by atomic mass is 9.85.